The van der Waals surface area contributed by atoms with Crippen LogP contribution >= 0.6 is 11.6 Å². The van der Waals surface area contributed by atoms with E-state index in [-0.39, 0.29) is 5.91 Å². The van der Waals surface area contributed by atoms with Crippen molar-refractivity contribution in [1.29, 1.82) is 0 Å². The van der Waals surface area contributed by atoms with Crippen LogP contribution in [0.25, 0.3) is 0 Å². The number of amides is 1. The highest BCUT2D eigenvalue weighted by Crippen LogP contribution is 2.24. The Morgan fingerprint density at radius 1 is 1.12 bits per heavy atom. The molecule has 1 N–H and O–H groups in total. The molecular weight excluding hydrogens is 338 g/mol. The summed E-state index contributed by atoms with van der Waals surface area (Å²) in [5.41, 5.74) is 4.52. The molecule has 1 heterocycles. The standard InChI is InChI=1S/C19H22ClN3O2/c1-22-9-11-23(12-10-22)21-19(24)16-6-4-5-15(13-16)14-25-18-8-3-2-7-17(18)20/h2-8,13H,9-12,14H2,1H3,(H,21,24). The van der Waals surface area contributed by atoms with Gasteiger partial charge in [-0.25, -0.2) is 5.01 Å². The van der Waals surface area contributed by atoms with Crippen molar-refractivity contribution in [1.82, 2.24) is 15.3 Å². The summed E-state index contributed by atoms with van der Waals surface area (Å²) in [5, 5.41) is 2.54. The van der Waals surface area contributed by atoms with Crippen LogP contribution in [0.3, 0.4) is 0 Å². The minimum Gasteiger partial charge on any atom is -0.487 e. The van der Waals surface area contributed by atoms with Gasteiger partial charge in [-0.2, -0.15) is 0 Å². The Hall–Kier alpha value is -2.08. The van der Waals surface area contributed by atoms with Crippen LogP contribution in [-0.4, -0.2) is 49.0 Å². The van der Waals surface area contributed by atoms with Crippen molar-refractivity contribution in [3.63, 3.8) is 0 Å². The molecule has 3 rings (SSSR count). The zero-order valence-corrected chi connectivity index (χ0v) is 15.0. The largest absolute Gasteiger partial charge is 0.487 e. The van der Waals surface area contributed by atoms with Crippen LogP contribution in [0.15, 0.2) is 48.5 Å². The number of nitrogens with one attached hydrogen (secondary N) is 1. The number of ether oxygens (including phenoxy) is 1. The molecule has 0 saturated carbocycles. The van der Waals surface area contributed by atoms with E-state index in [0.717, 1.165) is 31.7 Å². The van der Waals surface area contributed by atoms with E-state index in [0.29, 0.717) is 22.9 Å². The van der Waals surface area contributed by atoms with Gasteiger partial charge in [0.05, 0.1) is 5.02 Å². The average Bonchev–Trinajstić information content (AvgIpc) is 2.63. The Morgan fingerprint density at radius 2 is 1.88 bits per heavy atom. The number of carbonyl (C=O) groups is 1. The average molecular weight is 360 g/mol. The maximum Gasteiger partial charge on any atom is 0.265 e. The Kier molecular flexibility index (Phi) is 5.91. The molecular formula is C19H22ClN3O2. The minimum atomic E-state index is -0.0934. The van der Waals surface area contributed by atoms with Gasteiger partial charge >= 0.3 is 0 Å². The number of carbonyl (C=O) groups excluding carboxylic acids is 1. The number of piperazine rings is 1. The highest BCUT2D eigenvalue weighted by Gasteiger charge is 2.16. The van der Waals surface area contributed by atoms with Gasteiger partial charge in [0, 0.05) is 31.7 Å². The molecule has 6 heteroatoms. The smallest absolute Gasteiger partial charge is 0.265 e. The zero-order valence-electron chi connectivity index (χ0n) is 14.2. The monoisotopic (exact) mass is 359 g/mol. The van der Waals surface area contributed by atoms with Gasteiger partial charge in [0.2, 0.25) is 0 Å². The molecule has 1 aliphatic rings. The van der Waals surface area contributed by atoms with E-state index in [2.05, 4.69) is 17.4 Å². The van der Waals surface area contributed by atoms with Crippen molar-refractivity contribution in [2.24, 2.45) is 0 Å². The number of hydrazine groups is 1. The minimum absolute atomic E-state index is 0.0934. The van der Waals surface area contributed by atoms with Gasteiger partial charge in [0.25, 0.3) is 5.91 Å². The second-order valence-corrected chi connectivity index (χ2v) is 6.56. The van der Waals surface area contributed by atoms with Gasteiger partial charge < -0.3 is 9.64 Å². The lowest BCUT2D eigenvalue weighted by atomic mass is 10.1. The molecule has 0 aromatic heterocycles. The van der Waals surface area contributed by atoms with Gasteiger partial charge in [-0.05, 0) is 36.9 Å². The number of likely N-dealkylation sites (N-methyl/N-ethyl adjacent to an activating group) is 1. The normalized spacial score (nSPS) is 15.8. The van der Waals surface area contributed by atoms with E-state index in [9.17, 15) is 4.79 Å². The van der Waals surface area contributed by atoms with Crippen LogP contribution in [-0.2, 0) is 6.61 Å². The molecule has 2 aromatic carbocycles. The molecule has 132 valence electrons. The summed E-state index contributed by atoms with van der Waals surface area (Å²) < 4.78 is 5.74. The molecule has 0 unspecified atom stereocenters. The quantitative estimate of drug-likeness (QED) is 0.891. The second kappa shape index (κ2) is 8.34. The molecule has 1 amide bonds. The Labute approximate surface area is 153 Å². The third-order valence-electron chi connectivity index (χ3n) is 4.18. The zero-order chi connectivity index (χ0) is 17.6. The number of para-hydroxylation sites is 1. The molecule has 0 spiro atoms. The molecule has 1 saturated heterocycles. The molecule has 25 heavy (non-hydrogen) atoms. The van der Waals surface area contributed by atoms with Crippen LogP contribution in [0, 0.1) is 0 Å². The van der Waals surface area contributed by atoms with Crippen molar-refractivity contribution >= 4 is 17.5 Å². The molecule has 0 atom stereocenters. The summed E-state index contributed by atoms with van der Waals surface area (Å²) in [6.45, 7) is 3.92. The predicted molar refractivity (Wildman–Crippen MR) is 98.8 cm³/mol. The lowest BCUT2D eigenvalue weighted by Gasteiger charge is -2.32. The molecule has 2 aromatic rings. The molecule has 0 aliphatic carbocycles. The summed E-state index contributed by atoms with van der Waals surface area (Å²) in [5.74, 6) is 0.542. The summed E-state index contributed by atoms with van der Waals surface area (Å²) in [4.78, 5) is 14.7. The van der Waals surface area contributed by atoms with Crippen LogP contribution in [0.2, 0.25) is 5.02 Å². The third kappa shape index (κ3) is 4.95. The number of nitrogens with zero attached hydrogens (tertiary/aromatic N) is 2. The maximum absolute atomic E-state index is 12.4. The fourth-order valence-corrected chi connectivity index (χ4v) is 2.84. The van der Waals surface area contributed by atoms with Crippen molar-refractivity contribution < 1.29 is 9.53 Å². The van der Waals surface area contributed by atoms with Crippen LogP contribution in [0.5, 0.6) is 5.75 Å². The number of benzene rings is 2. The lowest BCUT2D eigenvalue weighted by Crippen LogP contribution is -2.52. The van der Waals surface area contributed by atoms with Crippen LogP contribution < -0.4 is 10.2 Å². The molecule has 1 aliphatic heterocycles. The summed E-state index contributed by atoms with van der Waals surface area (Å²) in [6.07, 6.45) is 0. The first-order chi connectivity index (χ1) is 12.1. The fourth-order valence-electron chi connectivity index (χ4n) is 2.65. The highest BCUT2D eigenvalue weighted by molar-refractivity contribution is 6.32. The summed E-state index contributed by atoms with van der Waals surface area (Å²) in [6, 6.07) is 14.8. The number of hydrogen-bond donors (Lipinski definition) is 1. The predicted octanol–water partition coefficient (Wildman–Crippen LogP) is 2.81. The van der Waals surface area contributed by atoms with Gasteiger partial charge in [-0.1, -0.05) is 35.9 Å². The van der Waals surface area contributed by atoms with Crippen molar-refractivity contribution in [3.05, 3.63) is 64.7 Å². The van der Waals surface area contributed by atoms with Gasteiger partial charge in [0.1, 0.15) is 12.4 Å². The van der Waals surface area contributed by atoms with E-state index < -0.39 is 0 Å². The van der Waals surface area contributed by atoms with Crippen LogP contribution in [0.4, 0.5) is 0 Å². The first kappa shape index (κ1) is 17.7. The topological polar surface area (TPSA) is 44.8 Å². The van der Waals surface area contributed by atoms with E-state index in [4.69, 9.17) is 16.3 Å². The molecule has 5 nitrogen and oxygen atoms in total. The Morgan fingerprint density at radius 3 is 2.64 bits per heavy atom. The van der Waals surface area contributed by atoms with Gasteiger partial charge in [-0.15, -0.1) is 0 Å². The number of rotatable bonds is 5. The molecule has 1 fully saturated rings. The first-order valence-corrected chi connectivity index (χ1v) is 8.70. The second-order valence-electron chi connectivity index (χ2n) is 6.15. The van der Waals surface area contributed by atoms with E-state index in [1.165, 1.54) is 0 Å². The highest BCUT2D eigenvalue weighted by atomic mass is 35.5. The summed E-state index contributed by atoms with van der Waals surface area (Å²) in [7, 11) is 2.08. The van der Waals surface area contributed by atoms with Crippen molar-refractivity contribution in [2.75, 3.05) is 33.2 Å². The lowest BCUT2D eigenvalue weighted by molar-refractivity contribution is 0.0662. The van der Waals surface area contributed by atoms with Crippen molar-refractivity contribution in [2.45, 2.75) is 6.61 Å². The molecule has 0 bridgehead atoms. The molecule has 0 radical (unpaired) electrons. The fraction of sp³-hybridized carbons (Fsp3) is 0.316. The SMILES string of the molecule is CN1CCN(NC(=O)c2cccc(COc3ccccc3Cl)c2)CC1. The summed E-state index contributed by atoms with van der Waals surface area (Å²) >= 11 is 6.09. The third-order valence-corrected chi connectivity index (χ3v) is 4.50. The van der Waals surface area contributed by atoms with E-state index >= 15 is 0 Å². The Bertz CT molecular complexity index is 730. The number of halogens is 1. The number of hydrogen-bond acceptors (Lipinski definition) is 4. The van der Waals surface area contributed by atoms with Crippen molar-refractivity contribution in [3.8, 4) is 5.75 Å². The van der Waals surface area contributed by atoms with Gasteiger partial charge in [-0.3, -0.25) is 10.2 Å². The Balaban J connectivity index is 1.59. The van der Waals surface area contributed by atoms with Crippen LogP contribution in [0.1, 0.15) is 15.9 Å². The van der Waals surface area contributed by atoms with E-state index in [1.54, 1.807) is 6.07 Å². The maximum atomic E-state index is 12.4. The van der Waals surface area contributed by atoms with E-state index in [1.807, 2.05) is 47.5 Å². The first-order valence-electron chi connectivity index (χ1n) is 8.32. The van der Waals surface area contributed by atoms with Gasteiger partial charge in [0.15, 0.2) is 0 Å².